The van der Waals surface area contributed by atoms with E-state index >= 15 is 0 Å². The van der Waals surface area contributed by atoms with Gasteiger partial charge in [0.1, 0.15) is 10.7 Å². The molecule has 1 aromatic rings. The van der Waals surface area contributed by atoms with Crippen LogP contribution in [0.4, 0.5) is 19.1 Å². The van der Waals surface area contributed by atoms with E-state index in [1.807, 2.05) is 0 Å². The van der Waals surface area contributed by atoms with Crippen LogP contribution in [-0.2, 0) is 6.54 Å². The summed E-state index contributed by atoms with van der Waals surface area (Å²) in [4.78, 5) is 9.40. The Bertz CT molecular complexity index is 347. The van der Waals surface area contributed by atoms with Gasteiger partial charge in [0.2, 0.25) is 0 Å². The molecule has 0 aliphatic heterocycles. The van der Waals surface area contributed by atoms with E-state index in [4.69, 9.17) is 0 Å². The van der Waals surface area contributed by atoms with E-state index in [2.05, 4.69) is 9.73 Å². The van der Waals surface area contributed by atoms with Crippen LogP contribution in [0.2, 0.25) is 0 Å². The van der Waals surface area contributed by atoms with Crippen LogP contribution < -0.4 is 5.32 Å². The number of nitrogens with zero attached hydrogens (tertiary/aromatic N) is 1. The number of nitrogens with one attached hydrogen (secondary N) is 1. The van der Waals surface area contributed by atoms with E-state index in [-0.39, 0.29) is 12.3 Å². The number of rotatable bonds is 4. The van der Waals surface area contributed by atoms with Gasteiger partial charge in [0.05, 0.1) is 19.2 Å². The largest absolute Gasteiger partial charge is 0.433 e. The number of alkyl halides is 3. The summed E-state index contributed by atoms with van der Waals surface area (Å²) in [6, 6.07) is 2.34. The number of hydrogen-bond acceptors (Lipinski definition) is 4. The van der Waals surface area contributed by atoms with Gasteiger partial charge in [0.25, 0.3) is 0 Å². The molecule has 0 saturated heterocycles. The van der Waals surface area contributed by atoms with Crippen LogP contribution in [0.25, 0.3) is 0 Å². The molecule has 0 atom stereocenters. The van der Waals surface area contributed by atoms with Crippen molar-refractivity contribution in [3.63, 3.8) is 0 Å². The molecule has 0 aliphatic carbocycles. The van der Waals surface area contributed by atoms with Crippen LogP contribution in [0.15, 0.2) is 16.5 Å². The normalized spacial score (nSPS) is 11.7. The fraction of sp³-hybridized carbons (Fsp3) is 0.429. The van der Waals surface area contributed by atoms with Gasteiger partial charge in [-0.05, 0) is 6.07 Å². The van der Waals surface area contributed by atoms with Crippen LogP contribution in [0.5, 0.6) is 0 Å². The van der Waals surface area contributed by atoms with Crippen LogP contribution in [0.3, 0.4) is 0 Å². The highest BCUT2D eigenvalue weighted by molar-refractivity contribution is 5.17. The van der Waals surface area contributed by atoms with E-state index in [1.54, 1.807) is 0 Å². The molecule has 0 unspecified atom stereocenters. The Hall–Kier alpha value is -1.57. The third kappa shape index (κ3) is 3.98. The van der Waals surface area contributed by atoms with Crippen molar-refractivity contribution in [3.05, 3.63) is 28.0 Å². The maximum Gasteiger partial charge on any atom is 0.433 e. The molecule has 0 spiro atoms. The van der Waals surface area contributed by atoms with Gasteiger partial charge in [-0.25, -0.2) is 0 Å². The molecule has 1 N–H and O–H groups in total. The Balaban J connectivity index is 2.41. The molecule has 8 heteroatoms. The first-order valence-corrected chi connectivity index (χ1v) is 3.89. The maximum atomic E-state index is 11.7. The highest BCUT2D eigenvalue weighted by Crippen LogP contribution is 2.16. The lowest BCUT2D eigenvalue weighted by Crippen LogP contribution is -2.28. The molecule has 1 aromatic heterocycles. The number of nitro groups is 1. The van der Waals surface area contributed by atoms with Crippen LogP contribution in [-0.4, -0.2) is 17.6 Å². The molecule has 0 aliphatic rings. The van der Waals surface area contributed by atoms with Crippen molar-refractivity contribution < 1.29 is 22.5 Å². The van der Waals surface area contributed by atoms with Gasteiger partial charge in [0.15, 0.2) is 0 Å². The molecule has 15 heavy (non-hydrogen) atoms. The fourth-order valence-corrected chi connectivity index (χ4v) is 0.887. The van der Waals surface area contributed by atoms with Gasteiger partial charge in [-0.3, -0.25) is 10.1 Å². The van der Waals surface area contributed by atoms with Crippen molar-refractivity contribution >= 4 is 5.88 Å². The van der Waals surface area contributed by atoms with Gasteiger partial charge in [0, 0.05) is 0 Å². The standard InChI is InChI=1S/C7H7F3N2O3/c8-7(9,10)4-11-3-5-1-2-6(15-5)12(13)14/h1-2,11H,3-4H2. The zero-order valence-electron chi connectivity index (χ0n) is 7.37. The van der Waals surface area contributed by atoms with Gasteiger partial charge < -0.3 is 9.73 Å². The summed E-state index contributed by atoms with van der Waals surface area (Å²) in [6.45, 7) is -1.37. The zero-order chi connectivity index (χ0) is 11.5. The fourth-order valence-electron chi connectivity index (χ4n) is 0.887. The molecule has 5 nitrogen and oxygen atoms in total. The predicted octanol–water partition coefficient (Wildman–Crippen LogP) is 1.84. The third-order valence-electron chi connectivity index (χ3n) is 1.45. The minimum absolute atomic E-state index is 0.0888. The van der Waals surface area contributed by atoms with Crippen molar-refractivity contribution in [1.29, 1.82) is 0 Å². The summed E-state index contributed by atoms with van der Waals surface area (Å²) in [5.74, 6) is -0.398. The highest BCUT2D eigenvalue weighted by atomic mass is 19.4. The first-order valence-electron chi connectivity index (χ1n) is 3.89. The number of halogens is 3. The lowest BCUT2D eigenvalue weighted by Gasteiger charge is -2.05. The van der Waals surface area contributed by atoms with Crippen LogP contribution in [0.1, 0.15) is 5.76 Å². The number of furan rings is 1. The molecule has 0 radical (unpaired) electrons. The molecule has 0 bridgehead atoms. The summed E-state index contributed by atoms with van der Waals surface area (Å²) < 4.78 is 39.7. The molecule has 84 valence electrons. The molecule has 1 rings (SSSR count). The summed E-state index contributed by atoms with van der Waals surface area (Å²) in [6.07, 6.45) is -4.31. The molecule has 0 aromatic carbocycles. The second-order valence-corrected chi connectivity index (χ2v) is 2.72. The predicted molar refractivity (Wildman–Crippen MR) is 43.1 cm³/mol. The van der Waals surface area contributed by atoms with Gasteiger partial charge >= 0.3 is 12.1 Å². The van der Waals surface area contributed by atoms with Gasteiger partial charge in [-0.15, -0.1) is 0 Å². The Kier molecular flexibility index (Phi) is 3.30. The second kappa shape index (κ2) is 4.30. The van der Waals surface area contributed by atoms with Crippen molar-refractivity contribution in [2.24, 2.45) is 0 Å². The van der Waals surface area contributed by atoms with Crippen molar-refractivity contribution in [2.75, 3.05) is 6.54 Å². The van der Waals surface area contributed by atoms with Gasteiger partial charge in [-0.1, -0.05) is 0 Å². The van der Waals surface area contributed by atoms with Crippen molar-refractivity contribution in [1.82, 2.24) is 5.32 Å². The summed E-state index contributed by atoms with van der Waals surface area (Å²) in [5, 5.41) is 12.2. The maximum absolute atomic E-state index is 11.7. The average Bonchev–Trinajstić information content (AvgIpc) is 2.50. The lowest BCUT2D eigenvalue weighted by molar-refractivity contribution is -0.402. The Labute approximate surface area is 82.0 Å². The SMILES string of the molecule is O=[N+]([O-])c1ccc(CNCC(F)(F)F)o1. The molecule has 0 amide bonds. The zero-order valence-corrected chi connectivity index (χ0v) is 7.37. The second-order valence-electron chi connectivity index (χ2n) is 2.72. The van der Waals surface area contributed by atoms with E-state index in [1.165, 1.54) is 6.07 Å². The van der Waals surface area contributed by atoms with E-state index in [0.29, 0.717) is 0 Å². The Morgan fingerprint density at radius 2 is 2.13 bits per heavy atom. The molecule has 1 heterocycles. The van der Waals surface area contributed by atoms with E-state index in [9.17, 15) is 23.3 Å². The average molecular weight is 224 g/mol. The summed E-state index contributed by atoms with van der Waals surface area (Å²) >= 11 is 0. The Morgan fingerprint density at radius 1 is 1.47 bits per heavy atom. The van der Waals surface area contributed by atoms with E-state index < -0.39 is 23.5 Å². The number of hydrogen-bond donors (Lipinski definition) is 1. The smallest absolute Gasteiger partial charge is 0.404 e. The van der Waals surface area contributed by atoms with Crippen molar-refractivity contribution in [3.8, 4) is 0 Å². The van der Waals surface area contributed by atoms with Crippen LogP contribution >= 0.6 is 0 Å². The topological polar surface area (TPSA) is 68.3 Å². The minimum Gasteiger partial charge on any atom is -0.404 e. The molecule has 0 saturated carbocycles. The summed E-state index contributed by atoms with van der Waals surface area (Å²) in [5.41, 5.74) is 0. The minimum atomic E-state index is -4.31. The lowest BCUT2D eigenvalue weighted by atomic mass is 10.4. The van der Waals surface area contributed by atoms with Gasteiger partial charge in [-0.2, -0.15) is 13.2 Å². The summed E-state index contributed by atoms with van der Waals surface area (Å²) in [7, 11) is 0. The van der Waals surface area contributed by atoms with Crippen LogP contribution in [0, 0.1) is 10.1 Å². The molecular weight excluding hydrogens is 217 g/mol. The highest BCUT2D eigenvalue weighted by Gasteiger charge is 2.26. The first-order chi connectivity index (χ1) is 6.88. The monoisotopic (exact) mass is 224 g/mol. The quantitative estimate of drug-likeness (QED) is 0.625. The third-order valence-corrected chi connectivity index (χ3v) is 1.45. The Morgan fingerprint density at radius 3 is 2.60 bits per heavy atom. The first kappa shape index (κ1) is 11.5. The van der Waals surface area contributed by atoms with E-state index in [0.717, 1.165) is 6.07 Å². The molecular formula is C7H7F3N2O3. The molecule has 0 fully saturated rings. The van der Waals surface area contributed by atoms with Crippen molar-refractivity contribution in [2.45, 2.75) is 12.7 Å².